The number of hydrogen-bond donors (Lipinski definition) is 1. The van der Waals surface area contributed by atoms with Gasteiger partial charge in [0.1, 0.15) is 6.10 Å². The second-order valence-corrected chi connectivity index (χ2v) is 10.6. The molecule has 1 aromatic heterocycles. The maximum Gasteiger partial charge on any atom is 0.280 e. The zero-order valence-corrected chi connectivity index (χ0v) is 20.7. The molecule has 0 bridgehead atoms. The van der Waals surface area contributed by atoms with Gasteiger partial charge in [-0.2, -0.15) is 8.70 Å². The van der Waals surface area contributed by atoms with E-state index in [9.17, 15) is 17.6 Å². The highest BCUT2D eigenvalue weighted by Crippen LogP contribution is 2.25. The lowest BCUT2D eigenvalue weighted by atomic mass is 10.1. The number of nitrogens with zero attached hydrogens (tertiary/aromatic N) is 3. The summed E-state index contributed by atoms with van der Waals surface area (Å²) in [6.45, 7) is 0.447. The van der Waals surface area contributed by atoms with Crippen molar-refractivity contribution in [1.29, 1.82) is 0 Å². The second kappa shape index (κ2) is 11.8. The lowest BCUT2D eigenvalue weighted by Crippen LogP contribution is -2.30. The van der Waals surface area contributed by atoms with Crippen molar-refractivity contribution in [2.24, 2.45) is 5.16 Å². The monoisotopic (exact) mass is 514 g/mol. The number of likely N-dealkylation sites (N-methyl/N-ethyl adjacent to an activating group) is 1. The van der Waals surface area contributed by atoms with Crippen LogP contribution in [0.3, 0.4) is 0 Å². The van der Waals surface area contributed by atoms with Gasteiger partial charge in [0.2, 0.25) is 10.0 Å². The smallest absolute Gasteiger partial charge is 0.280 e. The van der Waals surface area contributed by atoms with Gasteiger partial charge in [0.05, 0.1) is 23.8 Å². The molecule has 1 aromatic carbocycles. The topological polar surface area (TPSA) is 119 Å². The first kappa shape index (κ1) is 26.2. The number of hydrogen-bond acceptors (Lipinski definition) is 9. The van der Waals surface area contributed by atoms with Crippen LogP contribution in [0.2, 0.25) is 0 Å². The maximum atomic E-state index is 13.3. The van der Waals surface area contributed by atoms with E-state index >= 15 is 0 Å². The first-order valence-electron chi connectivity index (χ1n) is 10.5. The number of carbonyl (C=O) groups is 1. The summed E-state index contributed by atoms with van der Waals surface area (Å²) in [5.74, 6) is -0.663. The number of oxime groups is 1. The van der Waals surface area contributed by atoms with E-state index in [0.717, 1.165) is 19.0 Å². The minimum atomic E-state index is -3.74. The van der Waals surface area contributed by atoms with Crippen LogP contribution in [0, 0.1) is 5.13 Å². The summed E-state index contributed by atoms with van der Waals surface area (Å²) >= 11 is 0.674. The van der Waals surface area contributed by atoms with Crippen molar-refractivity contribution in [3.63, 3.8) is 0 Å². The predicted octanol–water partition coefficient (Wildman–Crippen LogP) is 2.48. The number of ether oxygens (including phenoxy) is 2. The minimum Gasteiger partial charge on any atom is -0.392 e. The molecule has 2 aromatic rings. The number of carbonyl (C=O) groups excluding carboxylic acids is 1. The lowest BCUT2D eigenvalue weighted by molar-refractivity contribution is -0.110. The number of sulfonamides is 1. The molecule has 0 saturated heterocycles. The Hall–Kier alpha value is -2.45. The molecule has 1 aliphatic rings. The van der Waals surface area contributed by atoms with Gasteiger partial charge in [-0.3, -0.25) is 10.1 Å². The number of aromatic nitrogens is 1. The fourth-order valence-electron chi connectivity index (χ4n) is 3.34. The number of benzene rings is 1. The molecule has 1 fully saturated rings. The van der Waals surface area contributed by atoms with Gasteiger partial charge in [-0.15, -0.1) is 0 Å². The molecule has 186 valence electrons. The zero-order chi connectivity index (χ0) is 24.7. The van der Waals surface area contributed by atoms with Crippen LogP contribution in [0.1, 0.15) is 24.8 Å². The molecule has 1 saturated carbocycles. The number of methoxy groups -OCH3 is 2. The van der Waals surface area contributed by atoms with E-state index in [2.05, 4.69) is 15.5 Å². The van der Waals surface area contributed by atoms with Crippen LogP contribution in [-0.4, -0.2) is 76.0 Å². The largest absolute Gasteiger partial charge is 0.392 e. The number of nitrogens with one attached hydrogen (secondary N) is 1. The quantitative estimate of drug-likeness (QED) is 0.361. The highest BCUT2D eigenvalue weighted by atomic mass is 32.2. The van der Waals surface area contributed by atoms with E-state index in [1.807, 2.05) is 0 Å². The minimum absolute atomic E-state index is 0.0521. The molecule has 1 amide bonds. The molecule has 0 spiro atoms. The van der Waals surface area contributed by atoms with Gasteiger partial charge < -0.3 is 14.3 Å². The summed E-state index contributed by atoms with van der Waals surface area (Å²) in [6, 6.07) is 5.70. The van der Waals surface area contributed by atoms with E-state index in [0.29, 0.717) is 23.3 Å². The Morgan fingerprint density at radius 1 is 1.26 bits per heavy atom. The van der Waals surface area contributed by atoms with Gasteiger partial charge >= 0.3 is 0 Å². The summed E-state index contributed by atoms with van der Waals surface area (Å²) < 4.78 is 50.2. The molecule has 3 rings (SSSR count). The van der Waals surface area contributed by atoms with Gasteiger partial charge in [0.25, 0.3) is 5.91 Å². The molecule has 0 radical (unpaired) electrons. The summed E-state index contributed by atoms with van der Waals surface area (Å²) in [5, 5.41) is 6.08. The number of halogens is 1. The average Bonchev–Trinajstić information content (AvgIpc) is 3.46. The number of anilines is 1. The predicted molar refractivity (Wildman–Crippen MR) is 125 cm³/mol. The van der Waals surface area contributed by atoms with Crippen molar-refractivity contribution < 1.29 is 31.9 Å². The average molecular weight is 515 g/mol. The number of thiazole rings is 1. The first-order valence-corrected chi connectivity index (χ1v) is 12.7. The Morgan fingerprint density at radius 2 is 1.97 bits per heavy atom. The fourth-order valence-corrected chi connectivity index (χ4v) is 5.03. The van der Waals surface area contributed by atoms with E-state index in [1.54, 1.807) is 7.11 Å². The summed E-state index contributed by atoms with van der Waals surface area (Å²) in [5.41, 5.74) is 0.238. The molecule has 1 aliphatic carbocycles. The number of rotatable bonds is 11. The third-order valence-corrected chi connectivity index (χ3v) is 7.89. The zero-order valence-electron chi connectivity index (χ0n) is 19.1. The first-order chi connectivity index (χ1) is 16.2. The van der Waals surface area contributed by atoms with Crippen molar-refractivity contribution in [3.05, 3.63) is 41.2 Å². The van der Waals surface area contributed by atoms with Gasteiger partial charge in [0, 0.05) is 39.8 Å². The summed E-state index contributed by atoms with van der Waals surface area (Å²) in [4.78, 5) is 22.4. The molecule has 1 heterocycles. The molecule has 0 aliphatic heterocycles. The van der Waals surface area contributed by atoms with Crippen molar-refractivity contribution in [3.8, 4) is 0 Å². The third kappa shape index (κ3) is 6.57. The standard InChI is InChI=1S/C21H27FN4O6S2/c1-26(10-11-30-2)34(28,29)17-8-4-14(5-9-17)19(20(27)24-21-23-13-18(22)33-21)25-32-16-7-6-15(12-16)31-3/h4-5,8-9,13,15-16H,6-7,10-12H2,1-3H3,(H,23,24,27)/t15-,16-/m1/s1. The highest BCUT2D eigenvalue weighted by Gasteiger charge is 2.27. The summed E-state index contributed by atoms with van der Waals surface area (Å²) in [7, 11) is 0.840. The fraction of sp³-hybridized carbons (Fsp3) is 0.476. The lowest BCUT2D eigenvalue weighted by Gasteiger charge is -2.17. The van der Waals surface area contributed by atoms with Crippen molar-refractivity contribution in [2.75, 3.05) is 39.7 Å². The van der Waals surface area contributed by atoms with E-state index in [4.69, 9.17) is 14.3 Å². The Balaban J connectivity index is 1.83. The molecular formula is C21H27FN4O6S2. The molecule has 1 N–H and O–H groups in total. The molecule has 0 unspecified atom stereocenters. The van der Waals surface area contributed by atoms with Crippen LogP contribution in [0.5, 0.6) is 0 Å². The van der Waals surface area contributed by atoms with Crippen LogP contribution in [0.15, 0.2) is 40.5 Å². The Morgan fingerprint density at radius 3 is 2.56 bits per heavy atom. The van der Waals surface area contributed by atoms with Crippen LogP contribution < -0.4 is 5.32 Å². The van der Waals surface area contributed by atoms with Crippen LogP contribution in [-0.2, 0) is 29.1 Å². The van der Waals surface area contributed by atoms with Crippen molar-refractivity contribution in [2.45, 2.75) is 36.4 Å². The third-order valence-electron chi connectivity index (χ3n) is 5.32. The van der Waals surface area contributed by atoms with Crippen LogP contribution in [0.4, 0.5) is 9.52 Å². The van der Waals surface area contributed by atoms with Gasteiger partial charge in [-0.05, 0) is 25.0 Å². The molecule has 34 heavy (non-hydrogen) atoms. The van der Waals surface area contributed by atoms with E-state index < -0.39 is 21.1 Å². The normalized spacial score (nSPS) is 18.9. The molecule has 13 heteroatoms. The van der Waals surface area contributed by atoms with Gasteiger partial charge in [-0.1, -0.05) is 28.6 Å². The van der Waals surface area contributed by atoms with E-state index in [1.165, 1.54) is 42.7 Å². The Kier molecular flexibility index (Phi) is 9.08. The molecular weight excluding hydrogens is 487 g/mol. The molecule has 10 nitrogen and oxygen atoms in total. The second-order valence-electron chi connectivity index (χ2n) is 7.61. The van der Waals surface area contributed by atoms with Crippen molar-refractivity contribution in [1.82, 2.24) is 9.29 Å². The number of amides is 1. The molecule has 2 atom stereocenters. The van der Waals surface area contributed by atoms with Crippen molar-refractivity contribution >= 4 is 38.1 Å². The van der Waals surface area contributed by atoms with Crippen LogP contribution in [0.25, 0.3) is 0 Å². The Labute approximate surface area is 201 Å². The SMILES string of the molecule is COCCN(C)S(=O)(=O)c1ccc(C(=NO[C@@H]2CC[C@@H](OC)C2)C(=O)Nc2ncc(F)s2)cc1. The van der Waals surface area contributed by atoms with Crippen LogP contribution >= 0.6 is 11.3 Å². The van der Waals surface area contributed by atoms with Gasteiger partial charge in [0.15, 0.2) is 16.0 Å². The van der Waals surface area contributed by atoms with Gasteiger partial charge in [-0.25, -0.2) is 13.4 Å². The maximum absolute atomic E-state index is 13.3. The highest BCUT2D eigenvalue weighted by molar-refractivity contribution is 7.89. The van der Waals surface area contributed by atoms with E-state index in [-0.39, 0.29) is 41.1 Å². The summed E-state index contributed by atoms with van der Waals surface area (Å²) in [6.07, 6.45) is 3.02. The Bertz CT molecular complexity index is 1110.